The van der Waals surface area contributed by atoms with Gasteiger partial charge >= 0.3 is 0 Å². The second-order valence-electron chi connectivity index (χ2n) is 2.99. The summed E-state index contributed by atoms with van der Waals surface area (Å²) >= 11 is 0. The highest BCUT2D eigenvalue weighted by Gasteiger charge is 2.11. The first-order valence-corrected chi connectivity index (χ1v) is 4.26. The van der Waals surface area contributed by atoms with Crippen molar-refractivity contribution in [1.82, 2.24) is 0 Å². The van der Waals surface area contributed by atoms with E-state index in [9.17, 15) is 0 Å². The van der Waals surface area contributed by atoms with Crippen molar-refractivity contribution in [2.75, 3.05) is 36.6 Å². The van der Waals surface area contributed by atoms with Crippen molar-refractivity contribution in [3.63, 3.8) is 0 Å². The molecular weight excluding hydrogens is 166 g/mol. The van der Waals surface area contributed by atoms with Crippen LogP contribution in [0.1, 0.15) is 0 Å². The Hall–Kier alpha value is -1.58. The number of fused-ring (bicyclic) bond motifs is 1. The smallest absolute Gasteiger partial charge is 0.123 e. The predicted octanol–water partition coefficient (Wildman–Crippen LogP) is 1.11. The van der Waals surface area contributed by atoms with Gasteiger partial charge in [0.05, 0.1) is 24.2 Å². The number of anilines is 3. The van der Waals surface area contributed by atoms with Crippen molar-refractivity contribution in [3.05, 3.63) is 12.1 Å². The van der Waals surface area contributed by atoms with E-state index < -0.39 is 0 Å². The number of nitrogens with one attached hydrogen (secondary N) is 2. The number of rotatable bonds is 1. The maximum atomic E-state index is 5.84. The molecule has 0 unspecified atom stereocenters. The van der Waals surface area contributed by atoms with Gasteiger partial charge in [-0.1, -0.05) is 0 Å². The Labute approximate surface area is 77.1 Å². The summed E-state index contributed by atoms with van der Waals surface area (Å²) in [5, 5.41) is 6.49. The Morgan fingerprint density at radius 2 is 2.08 bits per heavy atom. The van der Waals surface area contributed by atoms with Crippen molar-refractivity contribution in [2.45, 2.75) is 0 Å². The summed E-state index contributed by atoms with van der Waals surface area (Å²) in [6, 6.07) is 3.76. The van der Waals surface area contributed by atoms with E-state index in [0.717, 1.165) is 35.9 Å². The molecule has 1 aromatic carbocycles. The van der Waals surface area contributed by atoms with E-state index in [1.807, 2.05) is 12.1 Å². The first-order valence-electron chi connectivity index (χ1n) is 4.26. The highest BCUT2D eigenvalue weighted by molar-refractivity contribution is 5.84. The van der Waals surface area contributed by atoms with E-state index in [2.05, 4.69) is 10.6 Å². The van der Waals surface area contributed by atoms with Gasteiger partial charge < -0.3 is 21.1 Å². The van der Waals surface area contributed by atoms with Crippen LogP contribution in [0.3, 0.4) is 0 Å². The summed E-state index contributed by atoms with van der Waals surface area (Å²) in [4.78, 5) is 0. The van der Waals surface area contributed by atoms with Crippen LogP contribution in [-0.2, 0) is 0 Å². The lowest BCUT2D eigenvalue weighted by molar-refractivity contribution is 0.415. The average Bonchev–Trinajstić information content (AvgIpc) is 2.18. The van der Waals surface area contributed by atoms with Crippen LogP contribution in [0.5, 0.6) is 5.75 Å². The highest BCUT2D eigenvalue weighted by Crippen LogP contribution is 2.34. The number of hydrogen-bond donors (Lipinski definition) is 3. The predicted molar refractivity (Wildman–Crippen MR) is 54.4 cm³/mol. The number of methoxy groups -OCH3 is 1. The minimum Gasteiger partial charge on any atom is -0.497 e. The maximum Gasteiger partial charge on any atom is 0.123 e. The molecule has 1 heterocycles. The van der Waals surface area contributed by atoms with Gasteiger partial charge in [-0.25, -0.2) is 0 Å². The van der Waals surface area contributed by atoms with Gasteiger partial charge in [-0.3, -0.25) is 0 Å². The molecule has 0 radical (unpaired) electrons. The van der Waals surface area contributed by atoms with Crippen LogP contribution < -0.4 is 21.1 Å². The van der Waals surface area contributed by atoms with Crippen molar-refractivity contribution in [3.8, 4) is 5.75 Å². The Kier molecular flexibility index (Phi) is 1.88. The molecule has 4 nitrogen and oxygen atoms in total. The quantitative estimate of drug-likeness (QED) is 0.565. The molecule has 0 amide bonds. The summed E-state index contributed by atoms with van der Waals surface area (Å²) in [7, 11) is 1.64. The van der Waals surface area contributed by atoms with Crippen LogP contribution in [0.25, 0.3) is 0 Å². The second kappa shape index (κ2) is 3.05. The lowest BCUT2D eigenvalue weighted by atomic mass is 10.2. The van der Waals surface area contributed by atoms with E-state index in [0.29, 0.717) is 0 Å². The third-order valence-corrected chi connectivity index (χ3v) is 2.12. The summed E-state index contributed by atoms with van der Waals surface area (Å²) in [6.07, 6.45) is 0. The molecule has 0 spiro atoms. The van der Waals surface area contributed by atoms with Gasteiger partial charge in [0.15, 0.2) is 0 Å². The summed E-state index contributed by atoms with van der Waals surface area (Å²) < 4.78 is 5.11. The topological polar surface area (TPSA) is 59.3 Å². The Bertz CT molecular complexity index is 325. The molecule has 0 aliphatic carbocycles. The van der Waals surface area contributed by atoms with Gasteiger partial charge in [0.1, 0.15) is 5.75 Å². The molecule has 1 aromatic rings. The van der Waals surface area contributed by atoms with Gasteiger partial charge in [-0.2, -0.15) is 0 Å². The van der Waals surface area contributed by atoms with Gasteiger partial charge in [-0.05, 0) is 0 Å². The van der Waals surface area contributed by atoms with Crippen molar-refractivity contribution < 1.29 is 4.74 Å². The van der Waals surface area contributed by atoms with Gasteiger partial charge in [0.2, 0.25) is 0 Å². The molecule has 0 aromatic heterocycles. The van der Waals surface area contributed by atoms with Crippen LogP contribution in [0.4, 0.5) is 17.1 Å². The van der Waals surface area contributed by atoms with Crippen molar-refractivity contribution in [2.24, 2.45) is 0 Å². The number of nitrogen functional groups attached to an aromatic ring is 1. The molecule has 0 saturated heterocycles. The zero-order valence-electron chi connectivity index (χ0n) is 7.55. The van der Waals surface area contributed by atoms with Gasteiger partial charge in [0.25, 0.3) is 0 Å². The normalized spacial score (nSPS) is 13.9. The van der Waals surface area contributed by atoms with E-state index in [-0.39, 0.29) is 0 Å². The van der Waals surface area contributed by atoms with E-state index in [4.69, 9.17) is 10.5 Å². The molecule has 1 aliphatic rings. The highest BCUT2D eigenvalue weighted by atomic mass is 16.5. The van der Waals surface area contributed by atoms with Crippen molar-refractivity contribution in [1.29, 1.82) is 0 Å². The third-order valence-electron chi connectivity index (χ3n) is 2.12. The molecule has 4 N–H and O–H groups in total. The largest absolute Gasteiger partial charge is 0.497 e. The van der Waals surface area contributed by atoms with E-state index in [1.54, 1.807) is 7.11 Å². The SMILES string of the molecule is COc1cc(N)c2c(c1)NCCN2. The zero-order chi connectivity index (χ0) is 9.26. The van der Waals surface area contributed by atoms with Crippen molar-refractivity contribution >= 4 is 17.1 Å². The molecule has 2 rings (SSSR count). The molecule has 0 bridgehead atoms. The van der Waals surface area contributed by atoms with Crippen LogP contribution in [0.2, 0.25) is 0 Å². The standard InChI is InChI=1S/C9H13N3O/c1-13-6-4-7(10)9-8(5-6)11-2-3-12-9/h4-5,11-12H,2-3,10H2,1H3. The monoisotopic (exact) mass is 179 g/mol. The summed E-state index contributed by atoms with van der Waals surface area (Å²) in [6.45, 7) is 1.82. The molecule has 4 heteroatoms. The fraction of sp³-hybridized carbons (Fsp3) is 0.333. The Balaban J connectivity index is 2.47. The molecule has 0 saturated carbocycles. The van der Waals surface area contributed by atoms with Crippen LogP contribution >= 0.6 is 0 Å². The van der Waals surface area contributed by atoms with Crippen LogP contribution in [-0.4, -0.2) is 20.2 Å². The van der Waals surface area contributed by atoms with Crippen LogP contribution in [0, 0.1) is 0 Å². The molecular formula is C9H13N3O. The number of hydrogen-bond acceptors (Lipinski definition) is 4. The Morgan fingerprint density at radius 1 is 1.31 bits per heavy atom. The third kappa shape index (κ3) is 1.35. The lowest BCUT2D eigenvalue weighted by Crippen LogP contribution is -2.21. The molecule has 70 valence electrons. The number of ether oxygens (including phenoxy) is 1. The second-order valence-corrected chi connectivity index (χ2v) is 2.99. The minimum atomic E-state index is 0.724. The van der Waals surface area contributed by atoms with Gasteiger partial charge in [0, 0.05) is 25.2 Å². The average molecular weight is 179 g/mol. The summed E-state index contributed by atoms with van der Waals surface area (Å²) in [5.41, 5.74) is 8.55. The van der Waals surface area contributed by atoms with Crippen LogP contribution in [0.15, 0.2) is 12.1 Å². The molecule has 0 fully saturated rings. The minimum absolute atomic E-state index is 0.724. The first kappa shape index (κ1) is 8.04. The summed E-state index contributed by atoms with van der Waals surface area (Å²) in [5.74, 6) is 0.785. The fourth-order valence-corrected chi connectivity index (χ4v) is 1.48. The maximum absolute atomic E-state index is 5.84. The van der Waals surface area contributed by atoms with E-state index in [1.165, 1.54) is 0 Å². The number of nitrogens with two attached hydrogens (primary N) is 1. The molecule has 0 atom stereocenters. The first-order chi connectivity index (χ1) is 6.31. The Morgan fingerprint density at radius 3 is 2.85 bits per heavy atom. The number of benzene rings is 1. The zero-order valence-corrected chi connectivity index (χ0v) is 7.55. The molecule has 13 heavy (non-hydrogen) atoms. The lowest BCUT2D eigenvalue weighted by Gasteiger charge is -2.22. The van der Waals surface area contributed by atoms with Gasteiger partial charge in [-0.15, -0.1) is 0 Å². The van der Waals surface area contributed by atoms with E-state index >= 15 is 0 Å². The molecule has 1 aliphatic heterocycles. The fourth-order valence-electron chi connectivity index (χ4n) is 1.48.